The molecule has 0 aliphatic carbocycles. The summed E-state index contributed by atoms with van der Waals surface area (Å²) in [7, 11) is 0. The summed E-state index contributed by atoms with van der Waals surface area (Å²) in [4.78, 5) is 12.2. The number of hydrogen-bond donors (Lipinski definition) is 2. The number of para-hydroxylation sites is 1. The van der Waals surface area contributed by atoms with E-state index < -0.39 is 0 Å². The molecule has 2 unspecified atom stereocenters. The minimum absolute atomic E-state index is 0.0849. The summed E-state index contributed by atoms with van der Waals surface area (Å²) in [6.45, 7) is 8.01. The molecule has 0 bridgehead atoms. The van der Waals surface area contributed by atoms with E-state index in [4.69, 9.17) is 10.5 Å². The van der Waals surface area contributed by atoms with Gasteiger partial charge in [0.15, 0.2) is 0 Å². The van der Waals surface area contributed by atoms with Crippen molar-refractivity contribution in [2.45, 2.75) is 39.7 Å². The van der Waals surface area contributed by atoms with Crippen molar-refractivity contribution in [3.8, 4) is 0 Å². The van der Waals surface area contributed by atoms with Gasteiger partial charge in [-0.25, -0.2) is 0 Å². The Morgan fingerprint density at radius 2 is 2.10 bits per heavy atom. The summed E-state index contributed by atoms with van der Waals surface area (Å²) in [5.41, 5.74) is 6.99. The highest BCUT2D eigenvalue weighted by Crippen LogP contribution is 2.33. The standard InChI is InChI=1S/C17H26N2O2/c1-17(2,3)15-12(7-6-10-21-15)11-19-16(20)13-8-4-5-9-14(13)18/h4-5,8-9,12,15H,6-7,10-11,18H2,1-3H3,(H,19,20). The Morgan fingerprint density at radius 1 is 1.38 bits per heavy atom. The normalized spacial score (nSPS) is 22.8. The monoisotopic (exact) mass is 290 g/mol. The van der Waals surface area contributed by atoms with Crippen molar-refractivity contribution in [1.29, 1.82) is 0 Å². The van der Waals surface area contributed by atoms with Crippen LogP contribution in [0.4, 0.5) is 5.69 Å². The predicted molar refractivity (Wildman–Crippen MR) is 85.1 cm³/mol. The van der Waals surface area contributed by atoms with Crippen molar-refractivity contribution >= 4 is 11.6 Å². The van der Waals surface area contributed by atoms with Crippen molar-refractivity contribution < 1.29 is 9.53 Å². The van der Waals surface area contributed by atoms with Gasteiger partial charge in [0, 0.05) is 24.8 Å². The highest BCUT2D eigenvalue weighted by molar-refractivity contribution is 5.99. The molecule has 1 fully saturated rings. The summed E-state index contributed by atoms with van der Waals surface area (Å²) >= 11 is 0. The fraction of sp³-hybridized carbons (Fsp3) is 0.588. The first kappa shape index (κ1) is 15.8. The van der Waals surface area contributed by atoms with Crippen LogP contribution in [0.15, 0.2) is 24.3 Å². The summed E-state index contributed by atoms with van der Waals surface area (Å²) in [5, 5.41) is 3.01. The van der Waals surface area contributed by atoms with E-state index in [0.29, 0.717) is 23.7 Å². The molecule has 0 aromatic heterocycles. The molecule has 2 atom stereocenters. The van der Waals surface area contributed by atoms with Crippen LogP contribution in [0.1, 0.15) is 44.0 Å². The minimum Gasteiger partial charge on any atom is -0.398 e. The van der Waals surface area contributed by atoms with Crippen LogP contribution < -0.4 is 11.1 Å². The molecular formula is C17H26N2O2. The van der Waals surface area contributed by atoms with Crippen molar-refractivity contribution in [2.75, 3.05) is 18.9 Å². The van der Waals surface area contributed by atoms with Crippen LogP contribution in [-0.2, 0) is 4.74 Å². The molecule has 0 spiro atoms. The number of anilines is 1. The Kier molecular flexibility index (Phi) is 4.88. The van der Waals surface area contributed by atoms with E-state index in [2.05, 4.69) is 26.1 Å². The number of nitrogen functional groups attached to an aromatic ring is 1. The Bertz CT molecular complexity index is 494. The second-order valence-electron chi connectivity index (χ2n) is 6.86. The topological polar surface area (TPSA) is 64.3 Å². The van der Waals surface area contributed by atoms with Gasteiger partial charge < -0.3 is 15.8 Å². The number of amides is 1. The van der Waals surface area contributed by atoms with Crippen LogP contribution in [0, 0.1) is 11.3 Å². The number of carbonyl (C=O) groups is 1. The van der Waals surface area contributed by atoms with Gasteiger partial charge in [-0.15, -0.1) is 0 Å². The number of ether oxygens (including phenoxy) is 1. The zero-order chi connectivity index (χ0) is 15.5. The van der Waals surface area contributed by atoms with Gasteiger partial charge in [0.25, 0.3) is 5.91 Å². The first-order valence-corrected chi connectivity index (χ1v) is 7.64. The Balaban J connectivity index is 1.98. The Morgan fingerprint density at radius 3 is 2.76 bits per heavy atom. The Labute approximate surface area is 127 Å². The molecule has 3 N–H and O–H groups in total. The van der Waals surface area contributed by atoms with Crippen molar-refractivity contribution in [3.63, 3.8) is 0 Å². The SMILES string of the molecule is CC(C)(C)C1OCCCC1CNC(=O)c1ccccc1N. The molecule has 21 heavy (non-hydrogen) atoms. The van der Waals surface area contributed by atoms with Crippen LogP contribution in [-0.4, -0.2) is 25.2 Å². The van der Waals surface area contributed by atoms with Crippen LogP contribution in [0.5, 0.6) is 0 Å². The lowest BCUT2D eigenvalue weighted by Crippen LogP contribution is -2.45. The third kappa shape index (κ3) is 3.97. The summed E-state index contributed by atoms with van der Waals surface area (Å²) in [6.07, 6.45) is 2.33. The molecule has 0 saturated carbocycles. The molecule has 1 aliphatic heterocycles. The molecule has 116 valence electrons. The first-order valence-electron chi connectivity index (χ1n) is 7.64. The number of rotatable bonds is 3. The second-order valence-corrected chi connectivity index (χ2v) is 6.86. The van der Waals surface area contributed by atoms with Crippen molar-refractivity contribution in [2.24, 2.45) is 11.3 Å². The number of benzene rings is 1. The minimum atomic E-state index is -0.105. The molecule has 4 heteroatoms. The average molecular weight is 290 g/mol. The second kappa shape index (κ2) is 6.48. The van der Waals surface area contributed by atoms with Crippen LogP contribution in [0.2, 0.25) is 0 Å². The molecule has 1 aromatic rings. The third-order valence-electron chi connectivity index (χ3n) is 4.03. The van der Waals surface area contributed by atoms with Crippen LogP contribution in [0.25, 0.3) is 0 Å². The predicted octanol–water partition coefficient (Wildman–Crippen LogP) is 2.84. The van der Waals surface area contributed by atoms with E-state index in [1.54, 1.807) is 12.1 Å². The van der Waals surface area contributed by atoms with Crippen LogP contribution >= 0.6 is 0 Å². The number of carbonyl (C=O) groups excluding carboxylic acids is 1. The average Bonchev–Trinajstić information content (AvgIpc) is 2.44. The van der Waals surface area contributed by atoms with E-state index in [-0.39, 0.29) is 17.4 Å². The van der Waals surface area contributed by atoms with E-state index in [1.165, 1.54) is 0 Å². The van der Waals surface area contributed by atoms with E-state index >= 15 is 0 Å². The van der Waals surface area contributed by atoms with Gasteiger partial charge in [-0.05, 0) is 30.4 Å². The Hall–Kier alpha value is -1.55. The number of hydrogen-bond acceptors (Lipinski definition) is 3. The number of nitrogens with one attached hydrogen (secondary N) is 1. The smallest absolute Gasteiger partial charge is 0.253 e. The van der Waals surface area contributed by atoms with Gasteiger partial charge >= 0.3 is 0 Å². The van der Waals surface area contributed by atoms with Crippen LogP contribution in [0.3, 0.4) is 0 Å². The number of nitrogens with two attached hydrogens (primary N) is 1. The first-order chi connectivity index (χ1) is 9.89. The van der Waals surface area contributed by atoms with E-state index in [9.17, 15) is 4.79 Å². The molecule has 1 aliphatic rings. The van der Waals surface area contributed by atoms with Gasteiger partial charge in [-0.2, -0.15) is 0 Å². The lowest BCUT2D eigenvalue weighted by molar-refractivity contribution is -0.0839. The maximum absolute atomic E-state index is 12.2. The molecule has 4 nitrogen and oxygen atoms in total. The molecule has 1 amide bonds. The fourth-order valence-electron chi connectivity index (χ4n) is 3.03. The molecule has 2 rings (SSSR count). The molecule has 1 heterocycles. The van der Waals surface area contributed by atoms with Crippen molar-refractivity contribution in [1.82, 2.24) is 5.32 Å². The van der Waals surface area contributed by atoms with Gasteiger partial charge in [-0.3, -0.25) is 4.79 Å². The largest absolute Gasteiger partial charge is 0.398 e. The molecule has 1 aromatic carbocycles. The lowest BCUT2D eigenvalue weighted by Gasteiger charge is -2.40. The summed E-state index contributed by atoms with van der Waals surface area (Å²) in [5.74, 6) is 0.249. The maximum atomic E-state index is 12.2. The highest BCUT2D eigenvalue weighted by Gasteiger charge is 2.35. The van der Waals surface area contributed by atoms with E-state index in [1.807, 2.05) is 12.1 Å². The summed E-state index contributed by atoms with van der Waals surface area (Å²) < 4.78 is 5.94. The van der Waals surface area contributed by atoms with Gasteiger partial charge in [-0.1, -0.05) is 32.9 Å². The third-order valence-corrected chi connectivity index (χ3v) is 4.03. The zero-order valence-electron chi connectivity index (χ0n) is 13.2. The highest BCUT2D eigenvalue weighted by atomic mass is 16.5. The zero-order valence-corrected chi connectivity index (χ0v) is 13.2. The van der Waals surface area contributed by atoms with Gasteiger partial charge in [0.1, 0.15) is 0 Å². The molecule has 0 radical (unpaired) electrons. The molecule has 1 saturated heterocycles. The van der Waals surface area contributed by atoms with Crippen molar-refractivity contribution in [3.05, 3.63) is 29.8 Å². The summed E-state index contributed by atoms with van der Waals surface area (Å²) in [6, 6.07) is 7.16. The lowest BCUT2D eigenvalue weighted by atomic mass is 9.78. The van der Waals surface area contributed by atoms with Gasteiger partial charge in [0.2, 0.25) is 0 Å². The van der Waals surface area contributed by atoms with Gasteiger partial charge in [0.05, 0.1) is 11.7 Å². The van der Waals surface area contributed by atoms with E-state index in [0.717, 1.165) is 19.4 Å². The maximum Gasteiger partial charge on any atom is 0.253 e. The fourth-order valence-corrected chi connectivity index (χ4v) is 3.03. The quantitative estimate of drug-likeness (QED) is 0.841. The molecular weight excluding hydrogens is 264 g/mol.